The molecule has 0 saturated carbocycles. The molecule has 0 aliphatic rings. The molecule has 0 unspecified atom stereocenters. The van der Waals surface area contributed by atoms with Crippen LogP contribution < -0.4 is 10.6 Å². The Morgan fingerprint density at radius 3 is 2.47 bits per heavy atom. The van der Waals surface area contributed by atoms with Gasteiger partial charge in [0, 0.05) is 22.8 Å². The molecule has 4 heteroatoms. The molecule has 1 aromatic heterocycles. The van der Waals surface area contributed by atoms with Crippen molar-refractivity contribution in [3.8, 4) is 0 Å². The van der Waals surface area contributed by atoms with Gasteiger partial charge in [-0.25, -0.2) is 4.79 Å². The number of H-pyrrole nitrogens is 1. The van der Waals surface area contributed by atoms with Crippen molar-refractivity contribution < 1.29 is 4.79 Å². The summed E-state index contributed by atoms with van der Waals surface area (Å²) in [6, 6.07) is 16.9. The highest BCUT2D eigenvalue weighted by molar-refractivity contribution is 6.05. The van der Waals surface area contributed by atoms with E-state index >= 15 is 0 Å². The number of hydrogen-bond donors (Lipinski definition) is 3. The average molecular weight is 251 g/mol. The molecule has 3 aromatic rings. The van der Waals surface area contributed by atoms with Crippen LogP contribution in [0.25, 0.3) is 10.9 Å². The molecule has 0 radical (unpaired) electrons. The number of rotatable bonds is 2. The summed E-state index contributed by atoms with van der Waals surface area (Å²) in [4.78, 5) is 15.0. The van der Waals surface area contributed by atoms with E-state index in [1.165, 1.54) is 0 Å². The van der Waals surface area contributed by atoms with Crippen LogP contribution in [-0.4, -0.2) is 11.0 Å². The lowest BCUT2D eigenvalue weighted by Gasteiger charge is -2.06. The lowest BCUT2D eigenvalue weighted by molar-refractivity contribution is 0.262. The number of carbonyl (C=O) groups excluding carboxylic acids is 1. The molecule has 4 nitrogen and oxygen atoms in total. The van der Waals surface area contributed by atoms with Crippen LogP contribution in [-0.2, 0) is 0 Å². The van der Waals surface area contributed by atoms with Gasteiger partial charge in [-0.3, -0.25) is 0 Å². The maximum absolute atomic E-state index is 11.9. The molecule has 2 aromatic carbocycles. The molecule has 0 fully saturated rings. The third-order valence-electron chi connectivity index (χ3n) is 2.87. The van der Waals surface area contributed by atoms with E-state index in [4.69, 9.17) is 0 Å². The third kappa shape index (κ3) is 2.42. The predicted molar refractivity (Wildman–Crippen MR) is 77.4 cm³/mol. The Labute approximate surface area is 110 Å². The number of benzene rings is 2. The van der Waals surface area contributed by atoms with Gasteiger partial charge >= 0.3 is 6.03 Å². The summed E-state index contributed by atoms with van der Waals surface area (Å²) in [7, 11) is 0. The summed E-state index contributed by atoms with van der Waals surface area (Å²) in [5, 5.41) is 6.60. The average Bonchev–Trinajstić information content (AvgIpc) is 2.83. The minimum atomic E-state index is -0.254. The number of aromatic nitrogens is 1. The summed E-state index contributed by atoms with van der Waals surface area (Å²) in [6.45, 7) is 0. The van der Waals surface area contributed by atoms with E-state index < -0.39 is 0 Å². The molecule has 3 rings (SSSR count). The number of fused-ring (bicyclic) bond motifs is 1. The van der Waals surface area contributed by atoms with Crippen LogP contribution in [0, 0.1) is 0 Å². The fourth-order valence-corrected chi connectivity index (χ4v) is 1.98. The Kier molecular flexibility index (Phi) is 2.90. The SMILES string of the molecule is O=C(Nc1ccccc1)Nc1c[nH]c2ccccc12. The fourth-order valence-electron chi connectivity index (χ4n) is 1.98. The first-order chi connectivity index (χ1) is 9.33. The Balaban J connectivity index is 1.76. The lowest BCUT2D eigenvalue weighted by atomic mass is 10.2. The van der Waals surface area contributed by atoms with Gasteiger partial charge < -0.3 is 15.6 Å². The maximum Gasteiger partial charge on any atom is 0.323 e. The summed E-state index contributed by atoms with van der Waals surface area (Å²) in [5.74, 6) is 0. The molecule has 0 aliphatic carbocycles. The van der Waals surface area contributed by atoms with E-state index in [0.29, 0.717) is 0 Å². The molecule has 0 atom stereocenters. The van der Waals surface area contributed by atoms with Crippen molar-refractivity contribution in [1.29, 1.82) is 0 Å². The van der Waals surface area contributed by atoms with Crippen LogP contribution in [0.1, 0.15) is 0 Å². The maximum atomic E-state index is 11.9. The Hall–Kier alpha value is -2.75. The summed E-state index contributed by atoms with van der Waals surface area (Å²) < 4.78 is 0. The number of amides is 2. The van der Waals surface area contributed by atoms with E-state index in [1.54, 1.807) is 6.20 Å². The number of para-hydroxylation sites is 2. The van der Waals surface area contributed by atoms with Crippen LogP contribution in [0.3, 0.4) is 0 Å². The number of aromatic amines is 1. The van der Waals surface area contributed by atoms with Gasteiger partial charge in [-0.15, -0.1) is 0 Å². The number of nitrogens with one attached hydrogen (secondary N) is 3. The monoisotopic (exact) mass is 251 g/mol. The summed E-state index contributed by atoms with van der Waals surface area (Å²) >= 11 is 0. The normalized spacial score (nSPS) is 10.3. The molecule has 0 spiro atoms. The van der Waals surface area contributed by atoms with Gasteiger partial charge in [0.25, 0.3) is 0 Å². The van der Waals surface area contributed by atoms with Gasteiger partial charge in [-0.05, 0) is 18.2 Å². The fraction of sp³-hybridized carbons (Fsp3) is 0. The quantitative estimate of drug-likeness (QED) is 0.637. The lowest BCUT2D eigenvalue weighted by Crippen LogP contribution is -2.19. The van der Waals surface area contributed by atoms with Crippen molar-refractivity contribution in [3.05, 3.63) is 60.8 Å². The minimum Gasteiger partial charge on any atom is -0.359 e. The Morgan fingerprint density at radius 1 is 0.895 bits per heavy atom. The molecular formula is C15H13N3O. The number of anilines is 2. The van der Waals surface area contributed by atoms with Crippen LogP contribution in [0.5, 0.6) is 0 Å². The topological polar surface area (TPSA) is 56.9 Å². The van der Waals surface area contributed by atoms with E-state index in [-0.39, 0.29) is 6.03 Å². The van der Waals surface area contributed by atoms with E-state index in [9.17, 15) is 4.79 Å². The van der Waals surface area contributed by atoms with Crippen molar-refractivity contribution >= 4 is 28.3 Å². The Morgan fingerprint density at radius 2 is 1.63 bits per heavy atom. The zero-order valence-electron chi connectivity index (χ0n) is 10.2. The first-order valence-corrected chi connectivity index (χ1v) is 6.02. The standard InChI is InChI=1S/C15H13N3O/c19-15(17-11-6-2-1-3-7-11)18-14-10-16-13-9-5-4-8-12(13)14/h1-10,16H,(H2,17,18,19). The highest BCUT2D eigenvalue weighted by atomic mass is 16.2. The van der Waals surface area contributed by atoms with Crippen LogP contribution >= 0.6 is 0 Å². The molecule has 19 heavy (non-hydrogen) atoms. The van der Waals surface area contributed by atoms with Crippen molar-refractivity contribution in [3.63, 3.8) is 0 Å². The smallest absolute Gasteiger partial charge is 0.323 e. The van der Waals surface area contributed by atoms with Gasteiger partial charge in [-0.1, -0.05) is 36.4 Å². The molecular weight excluding hydrogens is 238 g/mol. The van der Waals surface area contributed by atoms with Gasteiger partial charge in [0.1, 0.15) is 0 Å². The molecule has 0 aliphatic heterocycles. The van der Waals surface area contributed by atoms with Gasteiger partial charge in [0.15, 0.2) is 0 Å². The number of hydrogen-bond acceptors (Lipinski definition) is 1. The van der Waals surface area contributed by atoms with Crippen molar-refractivity contribution in [1.82, 2.24) is 4.98 Å². The van der Waals surface area contributed by atoms with Crippen LogP contribution in [0.4, 0.5) is 16.2 Å². The van der Waals surface area contributed by atoms with Crippen LogP contribution in [0.2, 0.25) is 0 Å². The van der Waals surface area contributed by atoms with Crippen LogP contribution in [0.15, 0.2) is 60.8 Å². The van der Waals surface area contributed by atoms with Crippen molar-refractivity contribution in [2.24, 2.45) is 0 Å². The van der Waals surface area contributed by atoms with Gasteiger partial charge in [0.05, 0.1) is 5.69 Å². The molecule has 94 valence electrons. The second kappa shape index (κ2) is 4.86. The van der Waals surface area contributed by atoms with Gasteiger partial charge in [0.2, 0.25) is 0 Å². The number of carbonyl (C=O) groups is 1. The Bertz CT molecular complexity index is 703. The van der Waals surface area contributed by atoms with Crippen molar-refractivity contribution in [2.75, 3.05) is 10.6 Å². The zero-order chi connectivity index (χ0) is 13.1. The largest absolute Gasteiger partial charge is 0.359 e. The number of urea groups is 1. The van der Waals surface area contributed by atoms with E-state index in [0.717, 1.165) is 22.3 Å². The molecule has 3 N–H and O–H groups in total. The molecule has 2 amide bonds. The molecule has 1 heterocycles. The first kappa shape index (κ1) is 11.3. The predicted octanol–water partition coefficient (Wildman–Crippen LogP) is 3.81. The van der Waals surface area contributed by atoms with Gasteiger partial charge in [-0.2, -0.15) is 0 Å². The zero-order valence-corrected chi connectivity index (χ0v) is 10.2. The minimum absolute atomic E-state index is 0.254. The highest BCUT2D eigenvalue weighted by Crippen LogP contribution is 2.22. The van der Waals surface area contributed by atoms with E-state index in [2.05, 4.69) is 15.6 Å². The molecule has 0 bridgehead atoms. The summed E-state index contributed by atoms with van der Waals surface area (Å²) in [6.07, 6.45) is 1.79. The highest BCUT2D eigenvalue weighted by Gasteiger charge is 2.06. The van der Waals surface area contributed by atoms with E-state index in [1.807, 2.05) is 54.6 Å². The first-order valence-electron chi connectivity index (χ1n) is 6.02. The van der Waals surface area contributed by atoms with Crippen molar-refractivity contribution in [2.45, 2.75) is 0 Å². The summed E-state index contributed by atoms with van der Waals surface area (Å²) in [5.41, 5.74) is 2.53. The second-order valence-corrected chi connectivity index (χ2v) is 4.19. The molecule has 0 saturated heterocycles. The second-order valence-electron chi connectivity index (χ2n) is 4.19. The third-order valence-corrected chi connectivity index (χ3v) is 2.87.